The molecule has 1 heteroatoms. The molecule has 24 heavy (non-hydrogen) atoms. The second-order valence-electron chi connectivity index (χ2n) is 5.83. The van der Waals surface area contributed by atoms with Crippen LogP contribution in [0.15, 0.2) is 66.7 Å². The number of rotatable bonds is 1. The van der Waals surface area contributed by atoms with Crippen LogP contribution in [0.2, 0.25) is 0 Å². The second kappa shape index (κ2) is 6.86. The maximum Gasteiger partial charge on any atom is 0.0994 e. The van der Waals surface area contributed by atoms with Crippen LogP contribution in [-0.4, -0.2) is 0 Å². The van der Waals surface area contributed by atoms with Crippen molar-refractivity contribution in [2.45, 2.75) is 13.8 Å². The third-order valence-electron chi connectivity index (χ3n) is 3.97. The first-order valence-corrected chi connectivity index (χ1v) is 7.85. The fourth-order valence-corrected chi connectivity index (χ4v) is 2.50. The van der Waals surface area contributed by atoms with Crippen molar-refractivity contribution in [3.8, 4) is 29.0 Å². The van der Waals surface area contributed by atoms with Crippen molar-refractivity contribution in [2.75, 3.05) is 0 Å². The molecule has 0 N–H and O–H groups in total. The number of nitriles is 1. The summed E-state index contributed by atoms with van der Waals surface area (Å²) in [6.45, 7) is 4.02. The number of hydrogen-bond acceptors (Lipinski definition) is 1. The van der Waals surface area contributed by atoms with Gasteiger partial charge in [-0.05, 0) is 60.9 Å². The first-order chi connectivity index (χ1) is 11.7. The van der Waals surface area contributed by atoms with Crippen LogP contribution in [0.1, 0.15) is 27.8 Å². The van der Waals surface area contributed by atoms with Crippen LogP contribution in [0.25, 0.3) is 11.1 Å². The zero-order valence-electron chi connectivity index (χ0n) is 13.8. The molecule has 0 saturated carbocycles. The van der Waals surface area contributed by atoms with E-state index in [0.29, 0.717) is 5.56 Å². The molecule has 0 unspecified atom stereocenters. The normalized spacial score (nSPS) is 9.71. The van der Waals surface area contributed by atoms with E-state index >= 15 is 0 Å². The molecule has 0 aromatic heterocycles. The number of aryl methyl sites for hydroxylation is 2. The Morgan fingerprint density at radius 2 is 1.21 bits per heavy atom. The predicted octanol–water partition coefficient (Wildman–Crippen LogP) is 5.24. The molecule has 0 heterocycles. The Morgan fingerprint density at radius 3 is 1.79 bits per heavy atom. The smallest absolute Gasteiger partial charge is 0.0994 e. The van der Waals surface area contributed by atoms with E-state index in [9.17, 15) is 0 Å². The predicted molar refractivity (Wildman–Crippen MR) is 98.5 cm³/mol. The topological polar surface area (TPSA) is 23.8 Å². The van der Waals surface area contributed by atoms with Crippen LogP contribution in [0, 0.1) is 37.0 Å². The third kappa shape index (κ3) is 3.54. The molecule has 0 aliphatic rings. The molecule has 3 rings (SSSR count). The summed E-state index contributed by atoms with van der Waals surface area (Å²) in [6.07, 6.45) is 0. The monoisotopic (exact) mass is 307 g/mol. The van der Waals surface area contributed by atoms with E-state index in [1.54, 1.807) is 0 Å². The summed E-state index contributed by atoms with van der Waals surface area (Å²) in [5, 5.41) is 8.97. The van der Waals surface area contributed by atoms with Gasteiger partial charge in [0.25, 0.3) is 0 Å². The van der Waals surface area contributed by atoms with Crippen molar-refractivity contribution in [3.05, 3.63) is 94.5 Å². The van der Waals surface area contributed by atoms with Gasteiger partial charge in [-0.15, -0.1) is 0 Å². The SMILES string of the molecule is Cc1ccc(-c2ccc(C#Cc3ccc(C#N)c(C)c3)cc2)cc1. The Kier molecular flexibility index (Phi) is 4.46. The lowest BCUT2D eigenvalue weighted by atomic mass is 10.0. The van der Waals surface area contributed by atoms with Gasteiger partial charge in [-0.25, -0.2) is 0 Å². The van der Waals surface area contributed by atoms with Crippen molar-refractivity contribution >= 4 is 0 Å². The van der Waals surface area contributed by atoms with Gasteiger partial charge >= 0.3 is 0 Å². The maximum absolute atomic E-state index is 8.97. The average Bonchev–Trinajstić information content (AvgIpc) is 2.61. The summed E-state index contributed by atoms with van der Waals surface area (Å²) in [5.41, 5.74) is 7.22. The lowest BCUT2D eigenvalue weighted by molar-refractivity contribution is 1.38. The quantitative estimate of drug-likeness (QED) is 0.564. The van der Waals surface area contributed by atoms with Crippen molar-refractivity contribution in [3.63, 3.8) is 0 Å². The van der Waals surface area contributed by atoms with E-state index in [1.807, 2.05) is 37.3 Å². The Labute approximate surface area is 143 Å². The molecule has 114 valence electrons. The standard InChI is InChI=1S/C23H17N/c1-17-3-10-21(11-4-17)22-12-7-19(8-13-22)5-6-20-9-14-23(16-24)18(2)15-20/h3-4,7-15H,1-2H3. The Bertz CT molecular complexity index is 960. The fourth-order valence-electron chi connectivity index (χ4n) is 2.50. The van der Waals surface area contributed by atoms with Crippen LogP contribution < -0.4 is 0 Å². The highest BCUT2D eigenvalue weighted by molar-refractivity contribution is 5.64. The molecule has 0 amide bonds. The molecule has 3 aromatic carbocycles. The minimum atomic E-state index is 0.697. The van der Waals surface area contributed by atoms with Crippen molar-refractivity contribution in [2.24, 2.45) is 0 Å². The molecule has 0 spiro atoms. The minimum absolute atomic E-state index is 0.697. The molecule has 0 radical (unpaired) electrons. The van der Waals surface area contributed by atoms with E-state index in [4.69, 9.17) is 5.26 Å². The molecule has 1 nitrogen and oxygen atoms in total. The highest BCUT2D eigenvalue weighted by atomic mass is 14.2. The van der Waals surface area contributed by atoms with Gasteiger partial charge in [-0.2, -0.15) is 5.26 Å². The van der Waals surface area contributed by atoms with E-state index < -0.39 is 0 Å². The molecule has 0 atom stereocenters. The highest BCUT2D eigenvalue weighted by Gasteiger charge is 1.98. The molecule has 0 saturated heterocycles. The Morgan fingerprint density at radius 1 is 0.667 bits per heavy atom. The third-order valence-corrected chi connectivity index (χ3v) is 3.97. The second-order valence-corrected chi connectivity index (χ2v) is 5.83. The van der Waals surface area contributed by atoms with E-state index in [0.717, 1.165) is 16.7 Å². The molecular weight excluding hydrogens is 290 g/mol. The van der Waals surface area contributed by atoms with Gasteiger partial charge in [0.2, 0.25) is 0 Å². The number of nitrogens with zero attached hydrogens (tertiary/aromatic N) is 1. The summed E-state index contributed by atoms with van der Waals surface area (Å²) < 4.78 is 0. The molecule has 0 aliphatic heterocycles. The number of benzene rings is 3. The first-order valence-electron chi connectivity index (χ1n) is 7.85. The first kappa shape index (κ1) is 15.6. The summed E-state index contributed by atoms with van der Waals surface area (Å²) in [4.78, 5) is 0. The van der Waals surface area contributed by atoms with Crippen molar-refractivity contribution in [1.29, 1.82) is 5.26 Å². The Balaban J connectivity index is 1.81. The van der Waals surface area contributed by atoms with Gasteiger partial charge in [0, 0.05) is 11.1 Å². The van der Waals surface area contributed by atoms with Crippen LogP contribution in [0.4, 0.5) is 0 Å². The van der Waals surface area contributed by atoms with Gasteiger partial charge in [0.1, 0.15) is 0 Å². The van der Waals surface area contributed by atoms with Crippen LogP contribution in [0.3, 0.4) is 0 Å². The lowest BCUT2D eigenvalue weighted by Crippen LogP contribution is -1.84. The Hall–Kier alpha value is -3.29. The lowest BCUT2D eigenvalue weighted by Gasteiger charge is -2.02. The van der Waals surface area contributed by atoms with Crippen LogP contribution >= 0.6 is 0 Å². The molecule has 3 aromatic rings. The van der Waals surface area contributed by atoms with Crippen molar-refractivity contribution < 1.29 is 0 Å². The molecule has 0 aliphatic carbocycles. The fraction of sp³-hybridized carbons (Fsp3) is 0.0870. The maximum atomic E-state index is 8.97. The molecule has 0 fully saturated rings. The minimum Gasteiger partial charge on any atom is -0.192 e. The van der Waals surface area contributed by atoms with Gasteiger partial charge in [-0.3, -0.25) is 0 Å². The van der Waals surface area contributed by atoms with Gasteiger partial charge in [0.05, 0.1) is 11.6 Å². The van der Waals surface area contributed by atoms with Crippen molar-refractivity contribution in [1.82, 2.24) is 0 Å². The van der Waals surface area contributed by atoms with Gasteiger partial charge < -0.3 is 0 Å². The van der Waals surface area contributed by atoms with Crippen LogP contribution in [0.5, 0.6) is 0 Å². The molecule has 0 bridgehead atoms. The summed E-state index contributed by atoms with van der Waals surface area (Å²) in [5.74, 6) is 6.34. The van der Waals surface area contributed by atoms with Gasteiger partial charge in [-0.1, -0.05) is 53.8 Å². The molecular formula is C23H17N. The van der Waals surface area contributed by atoms with E-state index in [2.05, 4.69) is 61.2 Å². The largest absolute Gasteiger partial charge is 0.192 e. The van der Waals surface area contributed by atoms with Crippen LogP contribution in [-0.2, 0) is 0 Å². The zero-order valence-corrected chi connectivity index (χ0v) is 13.8. The van der Waals surface area contributed by atoms with E-state index in [1.165, 1.54) is 16.7 Å². The summed E-state index contributed by atoms with van der Waals surface area (Å²) in [6, 6.07) is 24.6. The van der Waals surface area contributed by atoms with E-state index in [-0.39, 0.29) is 0 Å². The highest BCUT2D eigenvalue weighted by Crippen LogP contribution is 2.20. The average molecular weight is 307 g/mol. The number of hydrogen-bond donors (Lipinski definition) is 0. The summed E-state index contributed by atoms with van der Waals surface area (Å²) in [7, 11) is 0. The summed E-state index contributed by atoms with van der Waals surface area (Å²) >= 11 is 0. The van der Waals surface area contributed by atoms with Gasteiger partial charge in [0.15, 0.2) is 0 Å². The zero-order chi connectivity index (χ0) is 16.9.